The van der Waals surface area contributed by atoms with Crippen LogP contribution in [0.2, 0.25) is 0 Å². The molecule has 1 saturated heterocycles. The molecule has 154 valence electrons. The third-order valence-electron chi connectivity index (χ3n) is 6.22. The Balaban J connectivity index is 1.42. The van der Waals surface area contributed by atoms with Gasteiger partial charge in [-0.15, -0.1) is 15.7 Å². The van der Waals surface area contributed by atoms with E-state index in [9.17, 15) is 9.00 Å². The number of urea groups is 1. The Kier molecular flexibility index (Phi) is 4.98. The Hall–Kier alpha value is -1.74. The molecule has 0 saturated carbocycles. The maximum absolute atomic E-state index is 13.0. The van der Waals surface area contributed by atoms with Crippen LogP contribution in [0.3, 0.4) is 0 Å². The number of nitrogens with two attached hydrogens (primary N) is 1. The van der Waals surface area contributed by atoms with Gasteiger partial charge in [0.1, 0.15) is 4.21 Å². The molecule has 0 unspecified atom stereocenters. The van der Waals surface area contributed by atoms with Gasteiger partial charge in [-0.3, -0.25) is 0 Å². The second-order valence-electron chi connectivity index (χ2n) is 8.13. The maximum atomic E-state index is 13.0. The average Bonchev–Trinajstić information content (AvgIpc) is 3.46. The van der Waals surface area contributed by atoms with Crippen LogP contribution < -0.4 is 15.8 Å². The second kappa shape index (κ2) is 7.50. The summed E-state index contributed by atoms with van der Waals surface area (Å²) in [6.45, 7) is 0.994. The molecule has 1 aromatic carbocycles. The Morgan fingerprint density at radius 3 is 2.52 bits per heavy atom. The summed E-state index contributed by atoms with van der Waals surface area (Å²) in [5, 5.41) is 12.4. The van der Waals surface area contributed by atoms with E-state index in [0.717, 1.165) is 68.5 Å². The molecular formula is C21H26N4O2S2. The first-order valence-corrected chi connectivity index (χ1v) is 12.8. The van der Waals surface area contributed by atoms with E-state index in [1.54, 1.807) is 6.07 Å². The molecule has 2 heterocycles. The fourth-order valence-electron chi connectivity index (χ4n) is 4.87. The monoisotopic (exact) mass is 430 g/mol. The number of benzene rings is 1. The maximum Gasteiger partial charge on any atom is 0.354 e. The van der Waals surface area contributed by atoms with Gasteiger partial charge in [-0.1, -0.05) is 6.07 Å². The standard InChI is InChI=1S/C21H26N4O2S2/c22-29(27,19-10-9-18(28-19)17-8-3-11-23-17)25-21(26)24-20-15-6-1-4-13(15)12-14-5-2-7-16(14)20/h9-10,12,17,23H,1-8,11H2,(H3,22,24,25,26,27)/t17-,29+/m1/s1. The quantitative estimate of drug-likeness (QED) is 0.684. The lowest BCUT2D eigenvalue weighted by Crippen LogP contribution is -2.18. The highest BCUT2D eigenvalue weighted by atomic mass is 32.2. The van der Waals surface area contributed by atoms with Crippen molar-refractivity contribution in [3.05, 3.63) is 45.3 Å². The molecule has 1 aliphatic heterocycles. The minimum absolute atomic E-state index is 0.285. The van der Waals surface area contributed by atoms with Crippen LogP contribution in [0, 0.1) is 0 Å². The van der Waals surface area contributed by atoms with Gasteiger partial charge in [0.05, 0.1) is 0 Å². The van der Waals surface area contributed by atoms with Crippen molar-refractivity contribution in [1.29, 1.82) is 0 Å². The van der Waals surface area contributed by atoms with Gasteiger partial charge in [0, 0.05) is 16.6 Å². The molecular weight excluding hydrogens is 404 g/mol. The van der Waals surface area contributed by atoms with Gasteiger partial charge in [0.15, 0.2) is 9.92 Å². The lowest BCUT2D eigenvalue weighted by Gasteiger charge is -2.15. The number of hydrogen-bond acceptors (Lipinski definition) is 4. The zero-order valence-corrected chi connectivity index (χ0v) is 18.0. The summed E-state index contributed by atoms with van der Waals surface area (Å²) in [6.07, 6.45) is 8.48. The lowest BCUT2D eigenvalue weighted by atomic mass is 9.99. The summed E-state index contributed by atoms with van der Waals surface area (Å²) in [5.74, 6) is 0. The number of hydrogen-bond donors (Lipinski definition) is 3. The fraction of sp³-hybridized carbons (Fsp3) is 0.476. The minimum Gasteiger partial charge on any atom is -0.309 e. The number of anilines is 1. The number of nitrogens with one attached hydrogen (secondary N) is 2. The number of fused-ring (bicyclic) bond motifs is 2. The first kappa shape index (κ1) is 19.2. The zero-order chi connectivity index (χ0) is 20.0. The molecule has 4 N–H and O–H groups in total. The van der Waals surface area contributed by atoms with E-state index >= 15 is 0 Å². The van der Waals surface area contributed by atoms with Crippen molar-refractivity contribution in [2.24, 2.45) is 9.50 Å². The fourth-order valence-corrected chi connectivity index (χ4v) is 7.24. The molecule has 2 aromatic rings. The first-order chi connectivity index (χ1) is 14.0. The Labute approximate surface area is 175 Å². The number of thiophene rings is 1. The van der Waals surface area contributed by atoms with Crippen LogP contribution in [-0.4, -0.2) is 16.8 Å². The van der Waals surface area contributed by atoms with Gasteiger partial charge in [0.25, 0.3) is 0 Å². The summed E-state index contributed by atoms with van der Waals surface area (Å²) in [6, 6.07) is 5.68. The third-order valence-corrected chi connectivity index (χ3v) is 9.33. The van der Waals surface area contributed by atoms with Crippen molar-refractivity contribution in [2.45, 2.75) is 61.6 Å². The van der Waals surface area contributed by atoms with Crippen molar-refractivity contribution in [1.82, 2.24) is 5.32 Å². The Bertz CT molecular complexity index is 1060. The van der Waals surface area contributed by atoms with Crippen LogP contribution in [0.15, 0.2) is 26.8 Å². The SMILES string of the molecule is N[S@](=O)(=NC(=O)Nc1c2c(cc3c1CCC3)CCC2)c1ccc([C@H]2CCCN2)s1. The van der Waals surface area contributed by atoms with Crippen LogP contribution in [0.5, 0.6) is 0 Å². The van der Waals surface area contributed by atoms with Crippen LogP contribution in [-0.2, 0) is 35.6 Å². The summed E-state index contributed by atoms with van der Waals surface area (Å²) in [4.78, 5) is 13.8. The van der Waals surface area contributed by atoms with Gasteiger partial charge in [-0.05, 0) is 92.3 Å². The van der Waals surface area contributed by atoms with E-state index in [1.807, 2.05) is 6.07 Å². The zero-order valence-electron chi connectivity index (χ0n) is 16.3. The topological polar surface area (TPSA) is 96.6 Å². The van der Waals surface area contributed by atoms with E-state index in [-0.39, 0.29) is 6.04 Å². The molecule has 6 nitrogen and oxygen atoms in total. The van der Waals surface area contributed by atoms with E-state index in [1.165, 1.54) is 33.6 Å². The Morgan fingerprint density at radius 1 is 1.14 bits per heavy atom. The van der Waals surface area contributed by atoms with Gasteiger partial charge < -0.3 is 10.6 Å². The van der Waals surface area contributed by atoms with Crippen LogP contribution in [0.1, 0.15) is 58.9 Å². The summed E-state index contributed by atoms with van der Waals surface area (Å²) >= 11 is 1.39. The number of nitrogens with zero attached hydrogens (tertiary/aromatic N) is 1. The number of aryl methyl sites for hydroxylation is 2. The Morgan fingerprint density at radius 2 is 1.86 bits per heavy atom. The molecule has 2 aliphatic carbocycles. The predicted octanol–water partition coefficient (Wildman–Crippen LogP) is 4.08. The van der Waals surface area contributed by atoms with E-state index in [0.29, 0.717) is 4.21 Å². The van der Waals surface area contributed by atoms with Gasteiger partial charge in [0.2, 0.25) is 0 Å². The van der Waals surface area contributed by atoms with E-state index < -0.39 is 15.9 Å². The van der Waals surface area contributed by atoms with E-state index in [2.05, 4.69) is 21.1 Å². The third kappa shape index (κ3) is 3.63. The molecule has 29 heavy (non-hydrogen) atoms. The average molecular weight is 431 g/mol. The first-order valence-electron chi connectivity index (χ1n) is 10.4. The number of rotatable bonds is 3. The highest BCUT2D eigenvalue weighted by Crippen LogP contribution is 2.39. The van der Waals surface area contributed by atoms with Gasteiger partial charge in [-0.25, -0.2) is 14.1 Å². The molecule has 3 aliphatic rings. The van der Waals surface area contributed by atoms with Crippen molar-refractivity contribution < 1.29 is 9.00 Å². The number of carbonyl (C=O) groups is 1. The molecule has 2 amide bonds. The van der Waals surface area contributed by atoms with Crippen molar-refractivity contribution >= 4 is 33.0 Å². The molecule has 1 aromatic heterocycles. The van der Waals surface area contributed by atoms with Gasteiger partial charge in [-0.2, -0.15) is 0 Å². The molecule has 5 rings (SSSR count). The van der Waals surface area contributed by atoms with Crippen molar-refractivity contribution in [2.75, 3.05) is 11.9 Å². The highest BCUT2D eigenvalue weighted by Gasteiger charge is 2.26. The van der Waals surface area contributed by atoms with Crippen molar-refractivity contribution in [3.8, 4) is 0 Å². The van der Waals surface area contributed by atoms with Gasteiger partial charge >= 0.3 is 6.03 Å². The second-order valence-corrected chi connectivity index (χ2v) is 11.3. The molecule has 2 atom stereocenters. The minimum atomic E-state index is -3.26. The molecule has 0 bridgehead atoms. The summed E-state index contributed by atoms with van der Waals surface area (Å²) in [7, 11) is -3.26. The highest BCUT2D eigenvalue weighted by molar-refractivity contribution is 7.93. The summed E-state index contributed by atoms with van der Waals surface area (Å²) < 4.78 is 17.4. The van der Waals surface area contributed by atoms with Crippen molar-refractivity contribution in [3.63, 3.8) is 0 Å². The lowest BCUT2D eigenvalue weighted by molar-refractivity contribution is 0.260. The molecule has 1 fully saturated rings. The van der Waals surface area contributed by atoms with E-state index in [4.69, 9.17) is 5.14 Å². The normalized spacial score (nSPS) is 22.2. The molecule has 0 radical (unpaired) electrons. The van der Waals surface area contributed by atoms with Crippen LogP contribution in [0.4, 0.5) is 10.5 Å². The number of amides is 2. The largest absolute Gasteiger partial charge is 0.354 e. The molecule has 8 heteroatoms. The smallest absolute Gasteiger partial charge is 0.309 e. The predicted molar refractivity (Wildman–Crippen MR) is 117 cm³/mol. The van der Waals surface area contributed by atoms with Crippen LogP contribution in [0.25, 0.3) is 0 Å². The van der Waals surface area contributed by atoms with Crippen LogP contribution >= 0.6 is 11.3 Å². The number of carbonyl (C=O) groups excluding carboxylic acids is 1. The molecule has 0 spiro atoms. The summed E-state index contributed by atoms with van der Waals surface area (Å²) in [5.41, 5.74) is 6.02.